The lowest BCUT2D eigenvalue weighted by molar-refractivity contribution is 0.390. The first-order chi connectivity index (χ1) is 8.81. The molecule has 0 bridgehead atoms. The molecule has 2 rings (SSSR count). The number of rotatable bonds is 3. The second kappa shape index (κ2) is 4.75. The number of anilines is 2. The topological polar surface area (TPSA) is 98.2 Å². The van der Waals surface area contributed by atoms with Crippen molar-refractivity contribution in [2.24, 2.45) is 0 Å². The molecule has 0 amide bonds. The van der Waals surface area contributed by atoms with Crippen molar-refractivity contribution in [1.29, 1.82) is 0 Å². The van der Waals surface area contributed by atoms with Gasteiger partial charge in [-0.3, -0.25) is 4.72 Å². The van der Waals surface area contributed by atoms with E-state index in [-0.39, 0.29) is 15.7 Å². The summed E-state index contributed by atoms with van der Waals surface area (Å²) in [6.45, 7) is 3.09. The van der Waals surface area contributed by atoms with Crippen molar-refractivity contribution in [1.82, 2.24) is 5.16 Å². The monoisotopic (exact) mass is 301 g/mol. The number of nitrogens with zero attached hydrogens (tertiary/aromatic N) is 1. The predicted molar refractivity (Wildman–Crippen MR) is 72.6 cm³/mol. The molecule has 1 aromatic heterocycles. The molecule has 1 aromatic carbocycles. The minimum atomic E-state index is -3.77. The summed E-state index contributed by atoms with van der Waals surface area (Å²) in [5, 5.41) is 3.89. The van der Waals surface area contributed by atoms with Crippen LogP contribution in [0.5, 0.6) is 0 Å². The molecule has 2 aromatic rings. The summed E-state index contributed by atoms with van der Waals surface area (Å²) in [5.74, 6) is 0.228. The van der Waals surface area contributed by atoms with Crippen LogP contribution in [0.2, 0.25) is 5.02 Å². The van der Waals surface area contributed by atoms with Crippen molar-refractivity contribution in [2.75, 3.05) is 10.5 Å². The molecule has 3 N–H and O–H groups in total. The summed E-state index contributed by atoms with van der Waals surface area (Å²) >= 11 is 5.84. The Morgan fingerprint density at radius 1 is 1.37 bits per heavy atom. The lowest BCUT2D eigenvalue weighted by atomic mass is 10.3. The Morgan fingerprint density at radius 2 is 2.05 bits per heavy atom. The standard InChI is InChI=1S/C11H12ClN3O3S/c1-6-11(7(2)18-14-6)19(16,17)15-8-3-4-10(13)9(12)5-8/h3-5,15H,13H2,1-2H3. The Balaban J connectivity index is 2.39. The summed E-state index contributed by atoms with van der Waals surface area (Å²) in [7, 11) is -3.77. The van der Waals surface area contributed by atoms with E-state index in [4.69, 9.17) is 21.9 Å². The molecular formula is C11H12ClN3O3S. The van der Waals surface area contributed by atoms with Crippen molar-refractivity contribution < 1.29 is 12.9 Å². The zero-order valence-electron chi connectivity index (χ0n) is 10.3. The largest absolute Gasteiger partial charge is 0.398 e. The van der Waals surface area contributed by atoms with Gasteiger partial charge in [0.25, 0.3) is 10.0 Å². The fourth-order valence-corrected chi connectivity index (χ4v) is 3.22. The first-order valence-corrected chi connectivity index (χ1v) is 7.18. The molecule has 0 atom stereocenters. The van der Waals surface area contributed by atoms with Crippen molar-refractivity contribution >= 4 is 33.0 Å². The summed E-state index contributed by atoms with van der Waals surface area (Å²) < 4.78 is 31.7. The summed E-state index contributed by atoms with van der Waals surface area (Å²) in [4.78, 5) is 0.0282. The average molecular weight is 302 g/mol. The van der Waals surface area contributed by atoms with E-state index >= 15 is 0 Å². The zero-order chi connectivity index (χ0) is 14.2. The molecule has 0 fully saturated rings. The fraction of sp³-hybridized carbons (Fsp3) is 0.182. The zero-order valence-corrected chi connectivity index (χ0v) is 11.8. The van der Waals surface area contributed by atoms with Gasteiger partial charge in [0, 0.05) is 0 Å². The number of nitrogens with two attached hydrogens (primary N) is 1. The highest BCUT2D eigenvalue weighted by Crippen LogP contribution is 2.26. The molecule has 0 saturated heterocycles. The molecule has 0 aliphatic heterocycles. The maximum Gasteiger partial charge on any atom is 0.267 e. The summed E-state index contributed by atoms with van der Waals surface area (Å²) in [6, 6.07) is 4.48. The molecule has 1 heterocycles. The number of aryl methyl sites for hydroxylation is 2. The number of hydrogen-bond donors (Lipinski definition) is 2. The van der Waals surface area contributed by atoms with Crippen LogP contribution in [-0.2, 0) is 10.0 Å². The average Bonchev–Trinajstić information content (AvgIpc) is 2.64. The van der Waals surface area contributed by atoms with Crippen LogP contribution in [0.25, 0.3) is 0 Å². The third kappa shape index (κ3) is 2.66. The minimum Gasteiger partial charge on any atom is -0.398 e. The molecule has 8 heteroatoms. The Bertz CT molecular complexity index is 705. The van der Waals surface area contributed by atoms with Crippen molar-refractivity contribution in [2.45, 2.75) is 18.7 Å². The molecule has 0 spiro atoms. The Labute approximate surface area is 115 Å². The molecule has 19 heavy (non-hydrogen) atoms. The second-order valence-electron chi connectivity index (χ2n) is 4.00. The van der Waals surface area contributed by atoms with E-state index in [1.165, 1.54) is 25.1 Å². The maximum atomic E-state index is 12.2. The van der Waals surface area contributed by atoms with E-state index in [2.05, 4.69) is 9.88 Å². The Hall–Kier alpha value is -1.73. The van der Waals surface area contributed by atoms with Crippen LogP contribution >= 0.6 is 11.6 Å². The Morgan fingerprint density at radius 3 is 2.58 bits per heavy atom. The summed E-state index contributed by atoms with van der Waals surface area (Å²) in [5.41, 5.74) is 6.55. The quantitative estimate of drug-likeness (QED) is 0.848. The lowest BCUT2D eigenvalue weighted by Crippen LogP contribution is -2.14. The third-order valence-corrected chi connectivity index (χ3v) is 4.44. The lowest BCUT2D eigenvalue weighted by Gasteiger charge is -2.08. The van der Waals surface area contributed by atoms with Crippen LogP contribution < -0.4 is 10.5 Å². The van der Waals surface area contributed by atoms with Crippen LogP contribution in [0.1, 0.15) is 11.5 Å². The number of hydrogen-bond acceptors (Lipinski definition) is 5. The van der Waals surface area contributed by atoms with Gasteiger partial charge in [-0.25, -0.2) is 8.42 Å². The van der Waals surface area contributed by atoms with E-state index in [9.17, 15) is 8.42 Å². The van der Waals surface area contributed by atoms with Gasteiger partial charge >= 0.3 is 0 Å². The first-order valence-electron chi connectivity index (χ1n) is 5.32. The molecule has 0 radical (unpaired) electrons. The molecule has 6 nitrogen and oxygen atoms in total. The van der Waals surface area contributed by atoms with Gasteiger partial charge in [0.2, 0.25) is 0 Å². The molecule has 0 aliphatic carbocycles. The van der Waals surface area contributed by atoms with Crippen LogP contribution in [0, 0.1) is 13.8 Å². The molecule has 0 unspecified atom stereocenters. The second-order valence-corrected chi connectivity index (χ2v) is 6.02. The van der Waals surface area contributed by atoms with Gasteiger partial charge in [-0.05, 0) is 32.0 Å². The van der Waals surface area contributed by atoms with Gasteiger partial charge in [0.15, 0.2) is 10.7 Å². The third-order valence-electron chi connectivity index (χ3n) is 2.49. The van der Waals surface area contributed by atoms with Gasteiger partial charge in [0.1, 0.15) is 5.69 Å². The number of aromatic nitrogens is 1. The van der Waals surface area contributed by atoms with Crippen molar-refractivity contribution in [3.8, 4) is 0 Å². The normalized spacial score (nSPS) is 11.5. The van der Waals surface area contributed by atoms with E-state index in [0.29, 0.717) is 17.1 Å². The highest BCUT2D eigenvalue weighted by atomic mass is 35.5. The molecule has 0 aliphatic rings. The smallest absolute Gasteiger partial charge is 0.267 e. The van der Waals surface area contributed by atoms with Crippen LogP contribution in [0.15, 0.2) is 27.6 Å². The minimum absolute atomic E-state index is 0.0282. The number of sulfonamides is 1. The van der Waals surface area contributed by atoms with Gasteiger partial charge in [0.05, 0.1) is 16.4 Å². The fourth-order valence-electron chi connectivity index (χ4n) is 1.66. The van der Waals surface area contributed by atoms with E-state index in [1.807, 2.05) is 0 Å². The van der Waals surface area contributed by atoms with Gasteiger partial charge in [-0.15, -0.1) is 0 Å². The van der Waals surface area contributed by atoms with E-state index < -0.39 is 10.0 Å². The van der Waals surface area contributed by atoms with Gasteiger partial charge in [-0.2, -0.15) is 0 Å². The summed E-state index contributed by atoms with van der Waals surface area (Å²) in [6.07, 6.45) is 0. The molecular weight excluding hydrogens is 290 g/mol. The number of nitrogens with one attached hydrogen (secondary N) is 1. The van der Waals surface area contributed by atoms with Crippen molar-refractivity contribution in [3.63, 3.8) is 0 Å². The predicted octanol–water partition coefficient (Wildman–Crippen LogP) is 2.33. The number of benzene rings is 1. The maximum absolute atomic E-state index is 12.2. The van der Waals surface area contributed by atoms with Crippen LogP contribution in [0.4, 0.5) is 11.4 Å². The highest BCUT2D eigenvalue weighted by Gasteiger charge is 2.24. The molecule has 102 valence electrons. The Kier molecular flexibility index (Phi) is 3.42. The number of halogens is 1. The van der Waals surface area contributed by atoms with Crippen LogP contribution in [-0.4, -0.2) is 13.6 Å². The van der Waals surface area contributed by atoms with E-state index in [0.717, 1.165) is 0 Å². The van der Waals surface area contributed by atoms with Gasteiger partial charge < -0.3 is 10.3 Å². The highest BCUT2D eigenvalue weighted by molar-refractivity contribution is 7.92. The molecule has 0 saturated carbocycles. The van der Waals surface area contributed by atoms with Gasteiger partial charge in [-0.1, -0.05) is 16.8 Å². The van der Waals surface area contributed by atoms with Crippen molar-refractivity contribution in [3.05, 3.63) is 34.7 Å². The first kappa shape index (κ1) is 13.7. The van der Waals surface area contributed by atoms with E-state index in [1.54, 1.807) is 6.92 Å². The SMILES string of the molecule is Cc1noc(C)c1S(=O)(=O)Nc1ccc(N)c(Cl)c1. The van der Waals surface area contributed by atoms with Crippen LogP contribution in [0.3, 0.4) is 0 Å². The number of nitrogen functional groups attached to an aromatic ring is 1.